The number of nitrogens with zero attached hydrogens (tertiary/aromatic N) is 5. The van der Waals surface area contributed by atoms with E-state index in [1.165, 1.54) is 6.33 Å². The van der Waals surface area contributed by atoms with E-state index in [0.717, 1.165) is 17.1 Å². The highest BCUT2D eigenvalue weighted by atomic mass is 16.6. The van der Waals surface area contributed by atoms with Gasteiger partial charge in [-0.1, -0.05) is 6.07 Å². The average molecular weight is 371 g/mol. The molecule has 142 valence electrons. The highest BCUT2D eigenvalue weighted by Crippen LogP contribution is 2.32. The van der Waals surface area contributed by atoms with Crippen molar-refractivity contribution in [3.8, 4) is 11.5 Å². The summed E-state index contributed by atoms with van der Waals surface area (Å²) in [6.07, 6.45) is 3.03. The maximum absolute atomic E-state index is 9.44. The van der Waals surface area contributed by atoms with Gasteiger partial charge in [0.2, 0.25) is 0 Å². The molecule has 0 saturated heterocycles. The van der Waals surface area contributed by atoms with E-state index in [1.54, 1.807) is 10.9 Å². The van der Waals surface area contributed by atoms with E-state index in [2.05, 4.69) is 15.0 Å². The zero-order chi connectivity index (χ0) is 18.8. The number of rotatable bonds is 6. The summed E-state index contributed by atoms with van der Waals surface area (Å²) in [6.45, 7) is 1.31. The van der Waals surface area contributed by atoms with Crippen molar-refractivity contribution in [2.75, 3.05) is 38.4 Å². The largest absolute Gasteiger partial charge is 0.486 e. The van der Waals surface area contributed by atoms with Gasteiger partial charge < -0.3 is 29.2 Å². The number of ether oxygens (including phenoxy) is 2. The Balaban J connectivity index is 1.62. The van der Waals surface area contributed by atoms with Crippen molar-refractivity contribution in [1.29, 1.82) is 0 Å². The van der Waals surface area contributed by atoms with Gasteiger partial charge in [0, 0.05) is 13.6 Å². The van der Waals surface area contributed by atoms with E-state index in [1.807, 2.05) is 30.1 Å². The van der Waals surface area contributed by atoms with Crippen molar-refractivity contribution < 1.29 is 19.7 Å². The van der Waals surface area contributed by atoms with Gasteiger partial charge in [0.1, 0.15) is 19.5 Å². The predicted molar refractivity (Wildman–Crippen MR) is 98.1 cm³/mol. The molecule has 0 radical (unpaired) electrons. The van der Waals surface area contributed by atoms with Gasteiger partial charge in [-0.2, -0.15) is 0 Å². The van der Waals surface area contributed by atoms with E-state index in [0.29, 0.717) is 36.7 Å². The molecule has 0 saturated carbocycles. The maximum Gasteiger partial charge on any atom is 0.165 e. The van der Waals surface area contributed by atoms with Crippen molar-refractivity contribution in [1.82, 2.24) is 19.5 Å². The first kappa shape index (κ1) is 17.5. The highest BCUT2D eigenvalue weighted by Gasteiger charge is 2.19. The number of aliphatic hydroxyl groups is 2. The lowest BCUT2D eigenvalue weighted by Crippen LogP contribution is -2.20. The van der Waals surface area contributed by atoms with E-state index in [-0.39, 0.29) is 13.2 Å². The number of aliphatic hydroxyl groups excluding tert-OH is 2. The lowest BCUT2D eigenvalue weighted by Gasteiger charge is -2.22. The van der Waals surface area contributed by atoms with E-state index in [9.17, 15) is 10.2 Å². The molecule has 0 fully saturated rings. The predicted octanol–water partition coefficient (Wildman–Crippen LogP) is 0.760. The second-order valence-corrected chi connectivity index (χ2v) is 6.37. The number of aromatic nitrogens is 4. The molecule has 0 unspecified atom stereocenters. The fourth-order valence-electron chi connectivity index (χ4n) is 3.15. The van der Waals surface area contributed by atoms with Gasteiger partial charge in [-0.15, -0.1) is 0 Å². The third kappa shape index (κ3) is 3.26. The van der Waals surface area contributed by atoms with E-state index >= 15 is 0 Å². The van der Waals surface area contributed by atoms with Gasteiger partial charge >= 0.3 is 0 Å². The first-order valence-electron chi connectivity index (χ1n) is 8.70. The van der Waals surface area contributed by atoms with Gasteiger partial charge in [0.05, 0.1) is 25.6 Å². The molecule has 1 aromatic carbocycles. The summed E-state index contributed by atoms with van der Waals surface area (Å²) < 4.78 is 12.9. The van der Waals surface area contributed by atoms with Crippen LogP contribution in [0.1, 0.15) is 11.6 Å². The number of benzene rings is 1. The first-order valence-corrected chi connectivity index (χ1v) is 8.70. The SMILES string of the molecule is CN(Cc1ccc2c(c1)OCCO2)c1ncnc2c1ncn2C(CO)CO. The maximum atomic E-state index is 9.44. The van der Waals surface area contributed by atoms with Crippen LogP contribution < -0.4 is 14.4 Å². The second-order valence-electron chi connectivity index (χ2n) is 6.37. The van der Waals surface area contributed by atoms with Gasteiger partial charge in [-0.05, 0) is 17.7 Å². The molecule has 2 aromatic heterocycles. The summed E-state index contributed by atoms with van der Waals surface area (Å²) >= 11 is 0. The normalized spacial score (nSPS) is 13.3. The van der Waals surface area contributed by atoms with Crippen LogP contribution in [0.25, 0.3) is 11.2 Å². The summed E-state index contributed by atoms with van der Waals surface area (Å²) in [5.74, 6) is 2.18. The van der Waals surface area contributed by atoms with Crippen LogP contribution in [-0.2, 0) is 6.54 Å². The summed E-state index contributed by atoms with van der Waals surface area (Å²) in [7, 11) is 1.92. The molecule has 3 heterocycles. The highest BCUT2D eigenvalue weighted by molar-refractivity contribution is 5.83. The van der Waals surface area contributed by atoms with E-state index in [4.69, 9.17) is 9.47 Å². The Labute approximate surface area is 155 Å². The molecule has 1 aliphatic heterocycles. The fourth-order valence-corrected chi connectivity index (χ4v) is 3.15. The molecular formula is C18H21N5O4. The molecule has 2 N–H and O–H groups in total. The van der Waals surface area contributed by atoms with Crippen LogP contribution in [0.2, 0.25) is 0 Å². The van der Waals surface area contributed by atoms with Crippen molar-refractivity contribution in [3.63, 3.8) is 0 Å². The summed E-state index contributed by atoms with van der Waals surface area (Å²) in [5, 5.41) is 18.9. The van der Waals surface area contributed by atoms with Crippen LogP contribution in [0.5, 0.6) is 11.5 Å². The van der Waals surface area contributed by atoms with Crippen LogP contribution in [0, 0.1) is 0 Å². The van der Waals surface area contributed by atoms with Gasteiger partial charge in [0.15, 0.2) is 28.5 Å². The molecule has 3 aromatic rings. The lowest BCUT2D eigenvalue weighted by atomic mass is 10.2. The van der Waals surface area contributed by atoms with Gasteiger partial charge in [-0.3, -0.25) is 0 Å². The molecule has 0 spiro atoms. The third-order valence-electron chi connectivity index (χ3n) is 4.54. The Morgan fingerprint density at radius 2 is 1.89 bits per heavy atom. The smallest absolute Gasteiger partial charge is 0.165 e. The Morgan fingerprint density at radius 1 is 1.11 bits per heavy atom. The Hall–Kier alpha value is -2.91. The van der Waals surface area contributed by atoms with Crippen LogP contribution in [0.4, 0.5) is 5.82 Å². The number of fused-ring (bicyclic) bond motifs is 2. The number of anilines is 1. The van der Waals surface area contributed by atoms with Gasteiger partial charge in [0.25, 0.3) is 0 Å². The summed E-state index contributed by atoms with van der Waals surface area (Å²) in [5.41, 5.74) is 2.24. The molecular weight excluding hydrogens is 350 g/mol. The van der Waals surface area contributed by atoms with Crippen LogP contribution in [0.3, 0.4) is 0 Å². The van der Waals surface area contributed by atoms with Crippen molar-refractivity contribution in [2.24, 2.45) is 0 Å². The first-order chi connectivity index (χ1) is 13.2. The number of hydrogen-bond acceptors (Lipinski definition) is 8. The second kappa shape index (κ2) is 7.37. The van der Waals surface area contributed by atoms with Crippen molar-refractivity contribution in [3.05, 3.63) is 36.4 Å². The molecule has 0 bridgehead atoms. The minimum Gasteiger partial charge on any atom is -0.486 e. The minimum absolute atomic E-state index is 0.200. The number of hydrogen-bond donors (Lipinski definition) is 2. The monoisotopic (exact) mass is 371 g/mol. The lowest BCUT2D eigenvalue weighted by molar-refractivity contribution is 0.156. The standard InChI is InChI=1S/C18H21N5O4/c1-22(7-12-2-3-14-15(6-12)27-5-4-26-14)17-16-18(20-10-19-17)23(11-21-16)13(8-24)9-25/h2-3,6,10-11,13,24-25H,4-5,7-9H2,1H3. The molecule has 4 rings (SSSR count). The van der Waals surface area contributed by atoms with Gasteiger partial charge in [-0.25, -0.2) is 15.0 Å². The van der Waals surface area contributed by atoms with Crippen molar-refractivity contribution in [2.45, 2.75) is 12.6 Å². The molecule has 0 atom stereocenters. The molecule has 1 aliphatic rings. The van der Waals surface area contributed by atoms with Crippen molar-refractivity contribution >= 4 is 17.0 Å². The molecule has 9 heteroatoms. The van der Waals surface area contributed by atoms with Crippen LogP contribution in [0.15, 0.2) is 30.9 Å². The Kier molecular flexibility index (Phi) is 4.78. The molecule has 0 aliphatic carbocycles. The minimum atomic E-state index is -0.485. The zero-order valence-corrected chi connectivity index (χ0v) is 14.9. The average Bonchev–Trinajstić information content (AvgIpc) is 3.13. The molecule has 27 heavy (non-hydrogen) atoms. The van der Waals surface area contributed by atoms with Crippen LogP contribution >= 0.6 is 0 Å². The topological polar surface area (TPSA) is 106 Å². The summed E-state index contributed by atoms with van der Waals surface area (Å²) in [6, 6.07) is 5.39. The number of imidazole rings is 1. The fraction of sp³-hybridized carbons (Fsp3) is 0.389. The Morgan fingerprint density at radius 3 is 2.67 bits per heavy atom. The molecule has 9 nitrogen and oxygen atoms in total. The zero-order valence-electron chi connectivity index (χ0n) is 14.9. The quantitative estimate of drug-likeness (QED) is 0.654. The third-order valence-corrected chi connectivity index (χ3v) is 4.54. The molecule has 0 amide bonds. The summed E-state index contributed by atoms with van der Waals surface area (Å²) in [4.78, 5) is 15.0. The van der Waals surface area contributed by atoms with Crippen LogP contribution in [-0.4, -0.2) is 63.2 Å². The van der Waals surface area contributed by atoms with E-state index < -0.39 is 6.04 Å². The Bertz CT molecular complexity index is 941.